The zero-order chi connectivity index (χ0) is 17.7. The molecule has 4 aromatic heterocycles. The van der Waals surface area contributed by atoms with Crippen LogP contribution in [0.3, 0.4) is 0 Å². The van der Waals surface area contributed by atoms with Crippen LogP contribution in [-0.4, -0.2) is 40.5 Å². The van der Waals surface area contributed by atoms with Crippen molar-refractivity contribution in [1.82, 2.24) is 19.7 Å². The molecule has 5 heterocycles. The summed E-state index contributed by atoms with van der Waals surface area (Å²) < 4.78 is 7.53. The Morgan fingerprint density at radius 2 is 2.04 bits per heavy atom. The molecule has 5 rings (SSSR count). The molecule has 0 atom stereocenters. The lowest BCUT2D eigenvalue weighted by molar-refractivity contribution is 0.560. The molecule has 0 aromatic carbocycles. The summed E-state index contributed by atoms with van der Waals surface area (Å²) in [6, 6.07) is 3.66. The van der Waals surface area contributed by atoms with Gasteiger partial charge in [-0.2, -0.15) is 0 Å². The topological polar surface area (TPSA) is 75.7 Å². The van der Waals surface area contributed by atoms with Crippen molar-refractivity contribution in [2.45, 2.75) is 6.92 Å². The Hall–Kier alpha value is -2.42. The molecule has 0 unspecified atom stereocenters. The summed E-state index contributed by atoms with van der Waals surface area (Å²) in [6.45, 7) is 5.68. The number of fused-ring (bicyclic) bond motifs is 2. The predicted octanol–water partition coefficient (Wildman–Crippen LogP) is 2.70. The standard InChI is InChI=1S/C18H17N5O2S.ClH/c1-11-9-23-10-14(21-18(23)26-11)13-6-12-8-20-16(7-15(12)25-17(13)24)22-4-2-19-3-5-22;/h6-10,19H,2-5H2,1H3;1H. The minimum absolute atomic E-state index is 0. The number of piperazine rings is 1. The molecule has 1 saturated heterocycles. The molecule has 0 bridgehead atoms. The number of pyridine rings is 1. The number of imidazole rings is 1. The Kier molecular flexibility index (Phi) is 4.63. The molecule has 0 aliphatic carbocycles. The van der Waals surface area contributed by atoms with Crippen LogP contribution in [0.2, 0.25) is 0 Å². The van der Waals surface area contributed by atoms with Gasteiger partial charge in [-0.25, -0.2) is 14.8 Å². The van der Waals surface area contributed by atoms with E-state index >= 15 is 0 Å². The number of aromatic nitrogens is 3. The van der Waals surface area contributed by atoms with Crippen LogP contribution in [0.4, 0.5) is 5.82 Å². The van der Waals surface area contributed by atoms with Crippen molar-refractivity contribution in [3.63, 3.8) is 0 Å². The van der Waals surface area contributed by atoms with Gasteiger partial charge < -0.3 is 14.6 Å². The van der Waals surface area contributed by atoms with E-state index < -0.39 is 0 Å². The maximum absolute atomic E-state index is 12.5. The zero-order valence-corrected chi connectivity index (χ0v) is 16.3. The molecule has 27 heavy (non-hydrogen) atoms. The van der Waals surface area contributed by atoms with Crippen molar-refractivity contribution in [3.05, 3.63) is 46.0 Å². The molecule has 1 aliphatic heterocycles. The van der Waals surface area contributed by atoms with Crippen molar-refractivity contribution in [2.75, 3.05) is 31.1 Å². The van der Waals surface area contributed by atoms with Gasteiger partial charge in [0.2, 0.25) is 0 Å². The van der Waals surface area contributed by atoms with E-state index in [0.29, 0.717) is 16.8 Å². The summed E-state index contributed by atoms with van der Waals surface area (Å²) in [6.07, 6.45) is 5.63. The highest BCUT2D eigenvalue weighted by molar-refractivity contribution is 7.17. The highest BCUT2D eigenvalue weighted by Gasteiger charge is 2.16. The minimum Gasteiger partial charge on any atom is -0.422 e. The largest absolute Gasteiger partial charge is 0.422 e. The van der Waals surface area contributed by atoms with Crippen LogP contribution in [0.1, 0.15) is 4.88 Å². The van der Waals surface area contributed by atoms with E-state index in [0.717, 1.165) is 42.3 Å². The van der Waals surface area contributed by atoms with Crippen LogP contribution in [0.25, 0.3) is 27.2 Å². The average molecular weight is 404 g/mol. The first-order valence-corrected chi connectivity index (χ1v) is 9.34. The number of nitrogens with zero attached hydrogens (tertiary/aromatic N) is 4. The minimum atomic E-state index is -0.377. The highest BCUT2D eigenvalue weighted by Crippen LogP contribution is 2.25. The van der Waals surface area contributed by atoms with Crippen LogP contribution in [0, 0.1) is 6.92 Å². The summed E-state index contributed by atoms with van der Waals surface area (Å²) >= 11 is 1.59. The van der Waals surface area contributed by atoms with Gasteiger partial charge in [0.25, 0.3) is 0 Å². The molecular formula is C18H18ClN5O2S. The third-order valence-electron chi connectivity index (χ3n) is 4.59. The smallest absolute Gasteiger partial charge is 0.345 e. The number of halogens is 1. The van der Waals surface area contributed by atoms with E-state index in [1.165, 1.54) is 4.88 Å². The van der Waals surface area contributed by atoms with Gasteiger partial charge in [0.05, 0.1) is 11.3 Å². The van der Waals surface area contributed by atoms with Crippen LogP contribution in [-0.2, 0) is 0 Å². The Labute approximate surface area is 165 Å². The van der Waals surface area contributed by atoms with E-state index in [4.69, 9.17) is 4.42 Å². The second kappa shape index (κ2) is 6.95. The molecule has 0 saturated carbocycles. The SMILES string of the molecule is Cc1cn2cc(-c3cc4cnc(N5CCNCC5)cc4oc3=O)nc2s1.Cl. The fourth-order valence-corrected chi connectivity index (χ4v) is 4.10. The van der Waals surface area contributed by atoms with E-state index in [2.05, 4.69) is 20.2 Å². The predicted molar refractivity (Wildman–Crippen MR) is 109 cm³/mol. The second-order valence-electron chi connectivity index (χ2n) is 6.42. The molecule has 140 valence electrons. The molecular weight excluding hydrogens is 386 g/mol. The fourth-order valence-electron chi connectivity index (χ4n) is 3.29. The molecule has 1 aliphatic rings. The van der Waals surface area contributed by atoms with Gasteiger partial charge in [-0.05, 0) is 13.0 Å². The first-order chi connectivity index (χ1) is 12.7. The number of anilines is 1. The molecule has 0 radical (unpaired) electrons. The number of hydrogen-bond donors (Lipinski definition) is 1. The molecule has 9 heteroatoms. The zero-order valence-electron chi connectivity index (χ0n) is 14.6. The van der Waals surface area contributed by atoms with E-state index in [-0.39, 0.29) is 18.0 Å². The van der Waals surface area contributed by atoms with Gasteiger partial charge in [0.15, 0.2) is 4.96 Å². The molecule has 7 nitrogen and oxygen atoms in total. The maximum Gasteiger partial charge on any atom is 0.345 e. The van der Waals surface area contributed by atoms with Crippen LogP contribution in [0.5, 0.6) is 0 Å². The van der Waals surface area contributed by atoms with Crippen LogP contribution >= 0.6 is 23.7 Å². The van der Waals surface area contributed by atoms with Gasteiger partial charge in [0.1, 0.15) is 11.4 Å². The van der Waals surface area contributed by atoms with Gasteiger partial charge >= 0.3 is 5.63 Å². The number of nitrogens with one attached hydrogen (secondary N) is 1. The number of hydrogen-bond acceptors (Lipinski definition) is 7. The monoisotopic (exact) mass is 403 g/mol. The van der Waals surface area contributed by atoms with E-state index in [1.54, 1.807) is 17.5 Å². The van der Waals surface area contributed by atoms with Gasteiger partial charge in [-0.1, -0.05) is 0 Å². The summed E-state index contributed by atoms with van der Waals surface area (Å²) in [5.41, 5.74) is 1.26. The van der Waals surface area contributed by atoms with Crippen molar-refractivity contribution < 1.29 is 4.42 Å². The third kappa shape index (κ3) is 3.20. The quantitative estimate of drug-likeness (QED) is 0.554. The lowest BCUT2D eigenvalue weighted by Gasteiger charge is -2.28. The molecule has 1 fully saturated rings. The van der Waals surface area contributed by atoms with Crippen molar-refractivity contribution >= 4 is 45.5 Å². The lowest BCUT2D eigenvalue weighted by Crippen LogP contribution is -2.43. The van der Waals surface area contributed by atoms with Gasteiger partial charge in [-0.15, -0.1) is 23.7 Å². The Morgan fingerprint density at radius 1 is 1.22 bits per heavy atom. The first-order valence-electron chi connectivity index (χ1n) is 8.52. The molecule has 4 aromatic rings. The van der Waals surface area contributed by atoms with E-state index in [9.17, 15) is 4.79 Å². The molecule has 0 spiro atoms. The summed E-state index contributed by atoms with van der Waals surface area (Å²) in [7, 11) is 0. The Morgan fingerprint density at radius 3 is 2.81 bits per heavy atom. The summed E-state index contributed by atoms with van der Waals surface area (Å²) in [5.74, 6) is 0.841. The number of thiazole rings is 1. The maximum atomic E-state index is 12.5. The number of aryl methyl sites for hydroxylation is 1. The second-order valence-corrected chi connectivity index (χ2v) is 7.64. The van der Waals surface area contributed by atoms with Crippen molar-refractivity contribution in [1.29, 1.82) is 0 Å². The fraction of sp³-hybridized carbons (Fsp3) is 0.278. The highest BCUT2D eigenvalue weighted by atomic mass is 35.5. The van der Waals surface area contributed by atoms with Crippen LogP contribution in [0.15, 0.2) is 39.9 Å². The molecule has 0 amide bonds. The Balaban J connectivity index is 0.00000180. The van der Waals surface area contributed by atoms with E-state index in [1.807, 2.05) is 35.9 Å². The Bertz CT molecular complexity index is 1140. The van der Waals surface area contributed by atoms with Crippen molar-refractivity contribution in [2.24, 2.45) is 0 Å². The summed E-state index contributed by atoms with van der Waals surface area (Å²) in [5, 5.41) is 4.11. The summed E-state index contributed by atoms with van der Waals surface area (Å²) in [4.78, 5) is 25.9. The van der Waals surface area contributed by atoms with Gasteiger partial charge in [-0.3, -0.25) is 4.40 Å². The van der Waals surface area contributed by atoms with Crippen LogP contribution < -0.4 is 15.8 Å². The first kappa shape index (κ1) is 18.0. The normalized spacial score (nSPS) is 14.6. The van der Waals surface area contributed by atoms with Crippen molar-refractivity contribution in [3.8, 4) is 11.3 Å². The number of rotatable bonds is 2. The molecule has 1 N–H and O–H groups in total. The lowest BCUT2D eigenvalue weighted by atomic mass is 10.2. The van der Waals surface area contributed by atoms with Gasteiger partial charge in [0, 0.05) is 61.1 Å². The third-order valence-corrected chi connectivity index (χ3v) is 5.50. The average Bonchev–Trinajstić information content (AvgIpc) is 3.18.